The van der Waals surface area contributed by atoms with Gasteiger partial charge in [0, 0.05) is 23.1 Å². The molecule has 0 radical (unpaired) electrons. The first-order chi connectivity index (χ1) is 10.7. The number of likely N-dealkylation sites (N-methyl/N-ethyl adjacent to an activating group) is 1. The van der Waals surface area contributed by atoms with Crippen LogP contribution >= 0.6 is 0 Å². The zero-order valence-corrected chi connectivity index (χ0v) is 12.8. The van der Waals surface area contributed by atoms with E-state index in [0.717, 1.165) is 35.3 Å². The van der Waals surface area contributed by atoms with Gasteiger partial charge in [-0.2, -0.15) is 0 Å². The van der Waals surface area contributed by atoms with Gasteiger partial charge in [-0.3, -0.25) is 9.36 Å². The van der Waals surface area contributed by atoms with Gasteiger partial charge in [0.25, 0.3) is 5.91 Å². The Morgan fingerprint density at radius 1 is 0.955 bits per heavy atom. The van der Waals surface area contributed by atoms with E-state index in [1.807, 2.05) is 41.0 Å². The van der Waals surface area contributed by atoms with Crippen molar-refractivity contribution < 1.29 is 4.79 Å². The molecular weight excluding hydrogens is 272 g/mol. The van der Waals surface area contributed by atoms with Crippen molar-refractivity contribution in [1.29, 1.82) is 0 Å². The summed E-state index contributed by atoms with van der Waals surface area (Å²) in [4.78, 5) is 15.0. The Kier molecular flexibility index (Phi) is 2.91. The molecule has 0 saturated heterocycles. The van der Waals surface area contributed by atoms with Gasteiger partial charge in [-0.15, -0.1) is 0 Å². The van der Waals surface area contributed by atoms with Crippen LogP contribution in [0.3, 0.4) is 0 Å². The van der Waals surface area contributed by atoms with Crippen LogP contribution in [0.4, 0.5) is 0 Å². The van der Waals surface area contributed by atoms with Gasteiger partial charge in [0.2, 0.25) is 0 Å². The highest BCUT2D eigenvalue weighted by Gasteiger charge is 2.31. The Hall–Kier alpha value is -2.39. The molecule has 110 valence electrons. The van der Waals surface area contributed by atoms with Crippen LogP contribution in [-0.2, 0) is 6.42 Å². The SMILES string of the molecule is CN(C)CCc1c2n(c3ccccc13)C(=O)c1ccccc1-2. The second-order valence-corrected chi connectivity index (χ2v) is 6.08. The summed E-state index contributed by atoms with van der Waals surface area (Å²) in [5, 5.41) is 1.20. The van der Waals surface area contributed by atoms with Gasteiger partial charge in [0.1, 0.15) is 0 Å². The molecule has 2 heterocycles. The molecule has 0 fully saturated rings. The van der Waals surface area contributed by atoms with E-state index in [0.29, 0.717) is 0 Å². The number of rotatable bonds is 3. The lowest BCUT2D eigenvalue weighted by atomic mass is 10.00. The first-order valence-electron chi connectivity index (χ1n) is 7.59. The van der Waals surface area contributed by atoms with Crippen molar-refractivity contribution in [3.8, 4) is 11.3 Å². The van der Waals surface area contributed by atoms with Crippen molar-refractivity contribution in [2.75, 3.05) is 20.6 Å². The van der Waals surface area contributed by atoms with Gasteiger partial charge in [-0.25, -0.2) is 0 Å². The molecule has 0 spiro atoms. The summed E-state index contributed by atoms with van der Waals surface area (Å²) < 4.78 is 1.89. The molecule has 1 aromatic heterocycles. The van der Waals surface area contributed by atoms with E-state index in [1.54, 1.807) is 0 Å². The fourth-order valence-electron chi connectivity index (χ4n) is 3.39. The summed E-state index contributed by atoms with van der Waals surface area (Å²) in [6.07, 6.45) is 0.942. The zero-order chi connectivity index (χ0) is 15.3. The smallest absolute Gasteiger partial charge is 0.263 e. The van der Waals surface area contributed by atoms with Gasteiger partial charge in [0.15, 0.2) is 0 Å². The molecule has 0 unspecified atom stereocenters. The van der Waals surface area contributed by atoms with Crippen molar-refractivity contribution in [3.05, 3.63) is 59.7 Å². The number of carbonyl (C=O) groups is 1. The molecule has 3 heteroatoms. The highest BCUT2D eigenvalue weighted by molar-refractivity contribution is 6.15. The summed E-state index contributed by atoms with van der Waals surface area (Å²) in [5.74, 6) is 0.0953. The van der Waals surface area contributed by atoms with Crippen LogP contribution in [0.25, 0.3) is 22.2 Å². The number of hydrogen-bond donors (Lipinski definition) is 0. The Morgan fingerprint density at radius 2 is 1.64 bits per heavy atom. The molecule has 0 saturated carbocycles. The third-order valence-electron chi connectivity index (χ3n) is 4.40. The first kappa shape index (κ1) is 13.3. The van der Waals surface area contributed by atoms with E-state index in [4.69, 9.17) is 0 Å². The average Bonchev–Trinajstić information content (AvgIpc) is 3.00. The maximum atomic E-state index is 12.8. The van der Waals surface area contributed by atoms with E-state index in [-0.39, 0.29) is 5.91 Å². The fraction of sp³-hybridized carbons (Fsp3) is 0.211. The lowest BCUT2D eigenvalue weighted by Crippen LogP contribution is -2.15. The lowest BCUT2D eigenvalue weighted by molar-refractivity contribution is 0.0973. The summed E-state index contributed by atoms with van der Waals surface area (Å²) in [6, 6.07) is 16.2. The van der Waals surface area contributed by atoms with Gasteiger partial charge >= 0.3 is 0 Å². The van der Waals surface area contributed by atoms with Crippen molar-refractivity contribution in [3.63, 3.8) is 0 Å². The summed E-state index contributed by atoms with van der Waals surface area (Å²) in [5.41, 5.74) is 5.27. The zero-order valence-electron chi connectivity index (χ0n) is 12.8. The summed E-state index contributed by atoms with van der Waals surface area (Å²) in [7, 11) is 4.16. The first-order valence-corrected chi connectivity index (χ1v) is 7.59. The maximum Gasteiger partial charge on any atom is 0.263 e. The van der Waals surface area contributed by atoms with E-state index < -0.39 is 0 Å². The number of benzene rings is 2. The summed E-state index contributed by atoms with van der Waals surface area (Å²) >= 11 is 0. The molecule has 0 atom stereocenters. The van der Waals surface area contributed by atoms with Crippen LogP contribution in [-0.4, -0.2) is 36.0 Å². The second-order valence-electron chi connectivity index (χ2n) is 6.08. The number of nitrogens with zero attached hydrogens (tertiary/aromatic N) is 2. The minimum Gasteiger partial charge on any atom is -0.309 e. The highest BCUT2D eigenvalue weighted by atomic mass is 16.2. The monoisotopic (exact) mass is 290 g/mol. The van der Waals surface area contributed by atoms with Crippen molar-refractivity contribution in [2.24, 2.45) is 0 Å². The number of hydrogen-bond acceptors (Lipinski definition) is 2. The van der Waals surface area contributed by atoms with Crippen molar-refractivity contribution in [2.45, 2.75) is 6.42 Å². The number of carbonyl (C=O) groups excluding carboxylic acids is 1. The average molecular weight is 290 g/mol. The van der Waals surface area contributed by atoms with Crippen LogP contribution in [0, 0.1) is 0 Å². The quantitative estimate of drug-likeness (QED) is 0.577. The minimum atomic E-state index is 0.0953. The Labute approximate surface area is 129 Å². The number of aromatic nitrogens is 1. The molecular formula is C19H18N2O. The van der Waals surface area contributed by atoms with Crippen LogP contribution in [0.1, 0.15) is 15.9 Å². The largest absolute Gasteiger partial charge is 0.309 e. The molecule has 0 bridgehead atoms. The van der Waals surface area contributed by atoms with Crippen LogP contribution < -0.4 is 0 Å². The Bertz CT molecular complexity index is 890. The molecule has 0 N–H and O–H groups in total. The molecule has 1 aliphatic rings. The molecule has 0 aliphatic carbocycles. The van der Waals surface area contributed by atoms with Crippen LogP contribution in [0.2, 0.25) is 0 Å². The molecule has 22 heavy (non-hydrogen) atoms. The topological polar surface area (TPSA) is 25.2 Å². The molecule has 3 nitrogen and oxygen atoms in total. The predicted octanol–water partition coefficient (Wildman–Crippen LogP) is 3.41. The lowest BCUT2D eigenvalue weighted by Gasteiger charge is -2.10. The third kappa shape index (κ3) is 1.76. The van der Waals surface area contributed by atoms with Crippen LogP contribution in [0.15, 0.2) is 48.5 Å². The Balaban J connectivity index is 2.02. The maximum absolute atomic E-state index is 12.8. The molecule has 3 aromatic rings. The predicted molar refractivity (Wildman–Crippen MR) is 89.4 cm³/mol. The van der Waals surface area contributed by atoms with E-state index in [1.165, 1.54) is 10.9 Å². The number of para-hydroxylation sites is 1. The standard InChI is InChI=1S/C19H18N2O/c1-20(2)12-11-15-13-7-5-6-10-17(13)21-18(15)14-8-3-4-9-16(14)19(21)22/h3-10H,11-12H2,1-2H3. The number of fused-ring (bicyclic) bond motifs is 5. The van der Waals surface area contributed by atoms with Crippen molar-refractivity contribution in [1.82, 2.24) is 9.47 Å². The summed E-state index contributed by atoms with van der Waals surface area (Å²) in [6.45, 7) is 0.970. The van der Waals surface area contributed by atoms with Gasteiger partial charge < -0.3 is 4.90 Å². The fourth-order valence-corrected chi connectivity index (χ4v) is 3.39. The van der Waals surface area contributed by atoms with Gasteiger partial charge in [-0.1, -0.05) is 36.4 Å². The van der Waals surface area contributed by atoms with E-state index in [2.05, 4.69) is 31.1 Å². The van der Waals surface area contributed by atoms with Gasteiger partial charge in [-0.05, 0) is 38.2 Å². The highest BCUT2D eigenvalue weighted by Crippen LogP contribution is 2.41. The van der Waals surface area contributed by atoms with Crippen LogP contribution in [0.5, 0.6) is 0 Å². The minimum absolute atomic E-state index is 0.0953. The normalized spacial score (nSPS) is 13.0. The van der Waals surface area contributed by atoms with Crippen molar-refractivity contribution >= 4 is 16.8 Å². The Morgan fingerprint density at radius 3 is 2.41 bits per heavy atom. The molecule has 4 rings (SSSR count). The van der Waals surface area contributed by atoms with Gasteiger partial charge in [0.05, 0.1) is 11.2 Å². The second kappa shape index (κ2) is 4.82. The molecule has 1 aliphatic heterocycles. The molecule has 2 aromatic carbocycles. The third-order valence-corrected chi connectivity index (χ3v) is 4.40. The van der Waals surface area contributed by atoms with E-state index in [9.17, 15) is 4.79 Å². The van der Waals surface area contributed by atoms with E-state index >= 15 is 0 Å². The molecule has 0 amide bonds.